The average Bonchev–Trinajstić information content (AvgIpc) is 3.40. The van der Waals surface area contributed by atoms with Crippen molar-refractivity contribution in [3.05, 3.63) is 77.5 Å². The summed E-state index contributed by atoms with van der Waals surface area (Å²) in [6.07, 6.45) is 13.3. The van der Waals surface area contributed by atoms with Crippen LogP contribution >= 0.6 is 0 Å². The second kappa shape index (κ2) is 14.0. The number of carboxylic acids is 1. The van der Waals surface area contributed by atoms with Gasteiger partial charge in [-0.25, -0.2) is 0 Å². The summed E-state index contributed by atoms with van der Waals surface area (Å²) < 4.78 is 11.2. The van der Waals surface area contributed by atoms with E-state index in [9.17, 15) is 14.7 Å². The van der Waals surface area contributed by atoms with Crippen LogP contribution in [0.2, 0.25) is 0 Å². The van der Waals surface area contributed by atoms with Crippen LogP contribution in [0.5, 0.6) is 11.5 Å². The predicted octanol–water partition coefficient (Wildman–Crippen LogP) is 6.75. The molecule has 4 atom stereocenters. The Morgan fingerprint density at radius 1 is 1.04 bits per heavy atom. The van der Waals surface area contributed by atoms with Crippen LogP contribution in [0.25, 0.3) is 0 Å². The molecule has 2 aromatic rings. The molecule has 2 fully saturated rings. The molecule has 2 aromatic carbocycles. The molecule has 1 saturated heterocycles. The van der Waals surface area contributed by atoms with Crippen molar-refractivity contribution in [3.63, 3.8) is 0 Å². The van der Waals surface area contributed by atoms with Gasteiger partial charge in [-0.15, -0.1) is 0 Å². The highest BCUT2D eigenvalue weighted by Gasteiger charge is 2.47. The van der Waals surface area contributed by atoms with Gasteiger partial charge in [0.15, 0.2) is 11.5 Å². The summed E-state index contributed by atoms with van der Waals surface area (Å²) in [5, 5.41) is 10.7. The number of carbonyl (C=O) groups is 2. The number of carboxylic acid groups (broad SMARTS) is 1. The van der Waals surface area contributed by atoms with E-state index in [0.717, 1.165) is 55.5 Å². The van der Waals surface area contributed by atoms with Crippen molar-refractivity contribution >= 4 is 23.3 Å². The highest BCUT2D eigenvalue weighted by Crippen LogP contribution is 2.44. The molecule has 1 saturated carbocycles. The Morgan fingerprint density at radius 3 is 2.73 bits per heavy atom. The number of hydrogen-bond donors (Lipinski definition) is 1. The average molecular weight is 612 g/mol. The first-order chi connectivity index (χ1) is 21.9. The van der Waals surface area contributed by atoms with Crippen LogP contribution < -0.4 is 14.4 Å². The van der Waals surface area contributed by atoms with Crippen molar-refractivity contribution in [1.29, 1.82) is 0 Å². The van der Waals surface area contributed by atoms with Crippen LogP contribution in [0.15, 0.2) is 71.4 Å². The van der Waals surface area contributed by atoms with Gasteiger partial charge in [0.05, 0.1) is 12.5 Å². The summed E-state index contributed by atoms with van der Waals surface area (Å²) in [4.78, 5) is 36.0. The number of allylic oxidation sites excluding steroid dienone is 3. The van der Waals surface area contributed by atoms with Crippen LogP contribution in [0.1, 0.15) is 75.8 Å². The maximum absolute atomic E-state index is 14.2. The molecule has 1 aliphatic carbocycles. The van der Waals surface area contributed by atoms with Gasteiger partial charge < -0.3 is 19.5 Å². The number of nitrogens with zero attached hydrogens (tertiary/aromatic N) is 3. The third kappa shape index (κ3) is 7.17. The number of amides is 1. The van der Waals surface area contributed by atoms with Gasteiger partial charge in [-0.2, -0.15) is 0 Å². The third-order valence-corrected chi connectivity index (χ3v) is 9.70. The van der Waals surface area contributed by atoms with Crippen molar-refractivity contribution in [1.82, 2.24) is 4.90 Å². The van der Waals surface area contributed by atoms with Crippen LogP contribution in [0, 0.1) is 11.8 Å². The molecule has 3 heterocycles. The van der Waals surface area contributed by atoms with Crippen LogP contribution in [0.4, 0.5) is 5.69 Å². The molecule has 1 N–H and O–H groups in total. The van der Waals surface area contributed by atoms with Gasteiger partial charge in [-0.3, -0.25) is 19.5 Å². The molecule has 45 heavy (non-hydrogen) atoms. The van der Waals surface area contributed by atoms with Gasteiger partial charge in [-0.05, 0) is 85.9 Å². The lowest BCUT2D eigenvalue weighted by Crippen LogP contribution is -2.44. The van der Waals surface area contributed by atoms with Gasteiger partial charge in [0, 0.05) is 42.6 Å². The van der Waals surface area contributed by atoms with Gasteiger partial charge in [0.2, 0.25) is 12.7 Å². The van der Waals surface area contributed by atoms with E-state index in [-0.39, 0.29) is 31.2 Å². The number of benzene rings is 2. The molecule has 8 nitrogen and oxygen atoms in total. The lowest BCUT2D eigenvalue weighted by Gasteiger charge is -2.30. The van der Waals surface area contributed by atoms with Crippen molar-refractivity contribution in [2.45, 2.75) is 77.2 Å². The lowest BCUT2D eigenvalue weighted by atomic mass is 9.83. The van der Waals surface area contributed by atoms with E-state index in [1.54, 1.807) is 0 Å². The molecule has 4 aliphatic rings. The number of aliphatic carboxylic acids is 1. The molecule has 3 aliphatic heterocycles. The molecular weight excluding hydrogens is 566 g/mol. The van der Waals surface area contributed by atoms with E-state index >= 15 is 0 Å². The first kappa shape index (κ1) is 31.1. The zero-order valence-electron chi connectivity index (χ0n) is 26.5. The highest BCUT2D eigenvalue weighted by atomic mass is 16.7. The third-order valence-electron chi connectivity index (χ3n) is 9.70. The quantitative estimate of drug-likeness (QED) is 0.269. The fourth-order valence-corrected chi connectivity index (χ4v) is 7.24. The van der Waals surface area contributed by atoms with Crippen LogP contribution in [-0.2, 0) is 16.0 Å². The minimum absolute atomic E-state index is 0.0107. The molecule has 0 radical (unpaired) electrons. The Labute approximate surface area is 266 Å². The fraction of sp³-hybridized carbons (Fsp3) is 0.486. The Morgan fingerprint density at radius 2 is 1.91 bits per heavy atom. The number of fused-ring (bicyclic) bond motifs is 2. The largest absolute Gasteiger partial charge is 0.481 e. The first-order valence-electron chi connectivity index (χ1n) is 16.6. The SMILES string of the molecule is CCCCN(C(=O)CN1C[C@H](c2ccc3c(c2)OCO3)[C@@H](C(=O)O)[C@@H]1CCC1=N/C=C\C=C2\CC2C1)c1cccc(CCC)c1. The minimum atomic E-state index is -0.834. The fourth-order valence-electron chi connectivity index (χ4n) is 7.24. The lowest BCUT2D eigenvalue weighted by molar-refractivity contribution is -0.143. The highest BCUT2D eigenvalue weighted by molar-refractivity contribution is 5.95. The number of hydrogen-bond acceptors (Lipinski definition) is 6. The van der Waals surface area contributed by atoms with Crippen molar-refractivity contribution in [3.8, 4) is 11.5 Å². The van der Waals surface area contributed by atoms with Crippen molar-refractivity contribution in [2.24, 2.45) is 16.8 Å². The molecule has 6 rings (SSSR count). The van der Waals surface area contributed by atoms with Crippen molar-refractivity contribution < 1.29 is 24.2 Å². The normalized spacial score (nSPS) is 25.4. The van der Waals surface area contributed by atoms with Gasteiger partial charge in [0.25, 0.3) is 0 Å². The van der Waals surface area contributed by atoms with E-state index < -0.39 is 11.9 Å². The van der Waals surface area contributed by atoms with Crippen LogP contribution in [-0.4, -0.2) is 60.1 Å². The molecule has 8 heteroatoms. The Kier molecular flexibility index (Phi) is 9.69. The summed E-state index contributed by atoms with van der Waals surface area (Å²) >= 11 is 0. The van der Waals surface area contributed by atoms with E-state index in [1.165, 1.54) is 11.1 Å². The number of rotatable bonds is 13. The molecule has 238 valence electrons. The van der Waals surface area contributed by atoms with E-state index in [2.05, 4.69) is 37.0 Å². The zero-order chi connectivity index (χ0) is 31.3. The van der Waals surface area contributed by atoms with Crippen molar-refractivity contribution in [2.75, 3.05) is 31.3 Å². The second-order valence-electron chi connectivity index (χ2n) is 12.8. The number of unbranched alkanes of at least 4 members (excludes halogenated alkanes) is 1. The maximum atomic E-state index is 14.2. The monoisotopic (exact) mass is 611 g/mol. The van der Waals surface area contributed by atoms with E-state index in [4.69, 9.17) is 14.5 Å². The standard InChI is InChI=1S/C37H45N3O5/c1-3-5-17-40(30-11-6-9-25(18-30)8-4-2)35(41)23-39-22-31(27-12-15-33-34(21-27)45-24-44-33)36(37(42)43)32(39)14-13-29-20-28-19-26(28)10-7-16-38-29/h6-7,9-12,15-16,18,21,28,31-32,36H,3-5,8,13-14,17,19-20,22-24H2,1-2H3,(H,42,43)/b16-7-,26-10-,38-29?/t28?,31-,32+,36-/m1/s1. The smallest absolute Gasteiger partial charge is 0.308 e. The molecule has 1 unspecified atom stereocenters. The molecule has 0 bridgehead atoms. The number of aliphatic imine (C=N–C) groups is 1. The number of aryl methyl sites for hydroxylation is 1. The Balaban J connectivity index is 1.28. The topological polar surface area (TPSA) is 91.7 Å². The zero-order valence-corrected chi connectivity index (χ0v) is 26.5. The Hall–Kier alpha value is -3.91. The first-order valence-corrected chi connectivity index (χ1v) is 16.6. The number of carbonyl (C=O) groups excluding carboxylic acids is 1. The maximum Gasteiger partial charge on any atom is 0.308 e. The molecule has 1 amide bonds. The summed E-state index contributed by atoms with van der Waals surface area (Å²) in [7, 11) is 0. The molecular formula is C37H45N3O5. The van der Waals surface area contributed by atoms with Gasteiger partial charge >= 0.3 is 5.97 Å². The van der Waals surface area contributed by atoms with E-state index in [1.807, 2.05) is 47.5 Å². The number of ether oxygens (including phenoxy) is 2. The minimum Gasteiger partial charge on any atom is -0.481 e. The summed E-state index contributed by atoms with van der Waals surface area (Å²) in [5.74, 6) is 0.0934. The summed E-state index contributed by atoms with van der Waals surface area (Å²) in [5.41, 5.74) is 5.62. The van der Waals surface area contributed by atoms with Gasteiger partial charge in [-0.1, -0.05) is 56.5 Å². The van der Waals surface area contributed by atoms with E-state index in [0.29, 0.717) is 43.3 Å². The number of anilines is 1. The Bertz CT molecular complexity index is 1500. The molecule has 0 aromatic heterocycles. The summed E-state index contributed by atoms with van der Waals surface area (Å²) in [6, 6.07) is 13.7. The summed E-state index contributed by atoms with van der Waals surface area (Å²) in [6.45, 7) is 5.74. The second-order valence-corrected chi connectivity index (χ2v) is 12.8. The predicted molar refractivity (Wildman–Crippen MR) is 176 cm³/mol. The number of likely N-dealkylation sites (tertiary alicyclic amines) is 1. The van der Waals surface area contributed by atoms with Gasteiger partial charge in [0.1, 0.15) is 0 Å². The van der Waals surface area contributed by atoms with Crippen LogP contribution in [0.3, 0.4) is 0 Å². The molecule has 0 spiro atoms.